The number of halogens is 1. The molecule has 2 aromatic rings. The molecule has 0 spiro atoms. The summed E-state index contributed by atoms with van der Waals surface area (Å²) in [7, 11) is 3.67. The lowest BCUT2D eigenvalue weighted by Crippen LogP contribution is -2.30. The van der Waals surface area contributed by atoms with E-state index in [2.05, 4.69) is 40.7 Å². The molecule has 0 saturated carbocycles. The third kappa shape index (κ3) is 2.86. The van der Waals surface area contributed by atoms with E-state index < -0.39 is 0 Å². The maximum Gasteiger partial charge on any atom is 0.245 e. The van der Waals surface area contributed by atoms with Crippen molar-refractivity contribution in [2.75, 3.05) is 20.7 Å². The average Bonchev–Trinajstić information content (AvgIpc) is 2.82. The van der Waals surface area contributed by atoms with Crippen molar-refractivity contribution in [2.24, 2.45) is 0 Å². The third-order valence-electron chi connectivity index (χ3n) is 3.45. The Morgan fingerprint density at radius 1 is 1.40 bits per heavy atom. The van der Waals surface area contributed by atoms with Crippen LogP contribution in [0.4, 0.5) is 0 Å². The molecule has 0 atom stereocenters. The number of ether oxygens (including phenoxy) is 1. The second-order valence-corrected chi connectivity index (χ2v) is 5.21. The minimum absolute atomic E-state index is 0.338. The molecule has 2 rings (SSSR count). The summed E-state index contributed by atoms with van der Waals surface area (Å²) in [6.07, 6.45) is 1.49. The van der Waals surface area contributed by atoms with Crippen molar-refractivity contribution in [1.82, 2.24) is 24.4 Å². The molecule has 0 N–H and O–H groups in total. The molecule has 2 aromatic heterocycles. The van der Waals surface area contributed by atoms with Crippen LogP contribution in [0.15, 0.2) is 6.33 Å². The summed E-state index contributed by atoms with van der Waals surface area (Å²) in [5.74, 6) is 1.61. The predicted octanol–water partition coefficient (Wildman–Crippen LogP) is 1.91. The Labute approximate surface area is 123 Å². The Bertz CT molecular complexity index is 583. The number of imidazole rings is 1. The van der Waals surface area contributed by atoms with Gasteiger partial charge in [-0.1, -0.05) is 0 Å². The van der Waals surface area contributed by atoms with Crippen LogP contribution in [0.2, 0.25) is 0 Å². The molecule has 7 heteroatoms. The van der Waals surface area contributed by atoms with Crippen molar-refractivity contribution in [1.29, 1.82) is 0 Å². The van der Waals surface area contributed by atoms with Crippen LogP contribution in [0, 0.1) is 0 Å². The molecule has 0 fully saturated rings. The van der Waals surface area contributed by atoms with Crippen LogP contribution in [0.25, 0.3) is 11.2 Å². The van der Waals surface area contributed by atoms with Gasteiger partial charge in [-0.15, -0.1) is 11.6 Å². The van der Waals surface area contributed by atoms with Gasteiger partial charge in [-0.2, -0.15) is 4.98 Å². The number of rotatable bonds is 6. The zero-order valence-electron chi connectivity index (χ0n) is 12.3. The highest BCUT2D eigenvalue weighted by Gasteiger charge is 2.16. The summed E-state index contributed by atoms with van der Waals surface area (Å²) in [6, 6.07) is 0.494. The zero-order chi connectivity index (χ0) is 14.7. The number of nitrogens with zero attached hydrogens (tertiary/aromatic N) is 5. The van der Waals surface area contributed by atoms with E-state index in [-0.39, 0.29) is 0 Å². The Morgan fingerprint density at radius 2 is 2.15 bits per heavy atom. The molecule has 0 aromatic carbocycles. The van der Waals surface area contributed by atoms with Crippen LogP contribution in [0.5, 0.6) is 5.88 Å². The first-order valence-electron chi connectivity index (χ1n) is 6.58. The van der Waals surface area contributed by atoms with E-state index in [4.69, 9.17) is 16.3 Å². The molecule has 2 heterocycles. The van der Waals surface area contributed by atoms with Crippen LogP contribution >= 0.6 is 11.6 Å². The SMILES string of the molecule is COc1ncnc2c1nc(CCl)n2CCN(C)C(C)C. The fourth-order valence-electron chi connectivity index (χ4n) is 1.96. The van der Waals surface area contributed by atoms with Gasteiger partial charge in [-0.3, -0.25) is 0 Å². The summed E-state index contributed by atoms with van der Waals surface area (Å²) >= 11 is 5.99. The van der Waals surface area contributed by atoms with Gasteiger partial charge in [0.1, 0.15) is 12.2 Å². The van der Waals surface area contributed by atoms with Gasteiger partial charge in [0.2, 0.25) is 5.88 Å². The van der Waals surface area contributed by atoms with Crippen LogP contribution < -0.4 is 4.74 Å². The van der Waals surface area contributed by atoms with E-state index in [1.807, 2.05) is 4.57 Å². The minimum atomic E-state index is 0.338. The molecule has 0 amide bonds. The molecule has 0 saturated heterocycles. The Balaban J connectivity index is 2.36. The van der Waals surface area contributed by atoms with E-state index in [1.54, 1.807) is 7.11 Å². The molecular weight excluding hydrogens is 278 g/mol. The molecule has 0 unspecified atom stereocenters. The van der Waals surface area contributed by atoms with E-state index in [0.29, 0.717) is 23.3 Å². The van der Waals surface area contributed by atoms with Crippen molar-refractivity contribution in [3.63, 3.8) is 0 Å². The summed E-state index contributed by atoms with van der Waals surface area (Å²) < 4.78 is 7.26. The number of alkyl halides is 1. The second kappa shape index (κ2) is 6.37. The zero-order valence-corrected chi connectivity index (χ0v) is 13.1. The van der Waals surface area contributed by atoms with Crippen molar-refractivity contribution in [3.05, 3.63) is 12.2 Å². The maximum atomic E-state index is 5.99. The lowest BCUT2D eigenvalue weighted by atomic mass is 10.3. The first-order chi connectivity index (χ1) is 9.58. The van der Waals surface area contributed by atoms with Crippen LogP contribution in [-0.2, 0) is 12.4 Å². The fraction of sp³-hybridized carbons (Fsp3) is 0.615. The first-order valence-corrected chi connectivity index (χ1v) is 7.12. The lowest BCUT2D eigenvalue weighted by molar-refractivity contribution is 0.263. The molecule has 0 bridgehead atoms. The van der Waals surface area contributed by atoms with Crippen molar-refractivity contribution < 1.29 is 4.74 Å². The van der Waals surface area contributed by atoms with Gasteiger partial charge < -0.3 is 14.2 Å². The largest absolute Gasteiger partial charge is 0.479 e. The monoisotopic (exact) mass is 297 g/mol. The fourth-order valence-corrected chi connectivity index (χ4v) is 2.17. The number of fused-ring (bicyclic) bond motifs is 1. The van der Waals surface area contributed by atoms with Gasteiger partial charge in [0, 0.05) is 19.1 Å². The summed E-state index contributed by atoms with van der Waals surface area (Å²) in [5, 5.41) is 0. The van der Waals surface area contributed by atoms with E-state index in [1.165, 1.54) is 6.33 Å². The normalized spacial score (nSPS) is 11.8. The minimum Gasteiger partial charge on any atom is -0.479 e. The van der Waals surface area contributed by atoms with E-state index in [9.17, 15) is 0 Å². The topological polar surface area (TPSA) is 56.1 Å². The molecular formula is C13H20ClN5O. The average molecular weight is 298 g/mol. The van der Waals surface area contributed by atoms with Crippen LogP contribution in [0.1, 0.15) is 19.7 Å². The molecule has 110 valence electrons. The molecule has 0 radical (unpaired) electrons. The standard InChI is InChI=1S/C13H20ClN5O/c1-9(2)18(3)5-6-19-10(7-14)17-11-12(19)15-8-16-13(11)20-4/h8-9H,5-7H2,1-4H3. The molecule has 20 heavy (non-hydrogen) atoms. The van der Waals surface area contributed by atoms with Gasteiger partial charge >= 0.3 is 0 Å². The molecule has 0 aliphatic rings. The van der Waals surface area contributed by atoms with Crippen LogP contribution in [-0.4, -0.2) is 51.2 Å². The number of aromatic nitrogens is 4. The number of hydrogen-bond donors (Lipinski definition) is 0. The molecule has 0 aliphatic carbocycles. The third-order valence-corrected chi connectivity index (χ3v) is 3.69. The van der Waals surface area contributed by atoms with Crippen molar-refractivity contribution >= 4 is 22.8 Å². The highest BCUT2D eigenvalue weighted by molar-refractivity contribution is 6.16. The van der Waals surface area contributed by atoms with Gasteiger partial charge in [0.15, 0.2) is 11.2 Å². The highest BCUT2D eigenvalue weighted by Crippen LogP contribution is 2.22. The summed E-state index contributed by atoms with van der Waals surface area (Å²) in [4.78, 5) is 15.1. The van der Waals surface area contributed by atoms with E-state index in [0.717, 1.165) is 24.6 Å². The summed E-state index contributed by atoms with van der Waals surface area (Å²) in [6.45, 7) is 6.02. The quantitative estimate of drug-likeness (QED) is 0.762. The van der Waals surface area contributed by atoms with Crippen molar-refractivity contribution in [3.8, 4) is 5.88 Å². The number of hydrogen-bond acceptors (Lipinski definition) is 5. The Morgan fingerprint density at radius 3 is 2.75 bits per heavy atom. The van der Waals surface area contributed by atoms with Gasteiger partial charge in [-0.25, -0.2) is 9.97 Å². The Hall–Kier alpha value is -1.40. The molecule has 6 nitrogen and oxygen atoms in total. The first kappa shape index (κ1) is 15.0. The van der Waals surface area contributed by atoms with Crippen LogP contribution in [0.3, 0.4) is 0 Å². The van der Waals surface area contributed by atoms with E-state index >= 15 is 0 Å². The second-order valence-electron chi connectivity index (χ2n) is 4.94. The molecule has 0 aliphatic heterocycles. The highest BCUT2D eigenvalue weighted by atomic mass is 35.5. The van der Waals surface area contributed by atoms with Gasteiger partial charge in [0.05, 0.1) is 13.0 Å². The van der Waals surface area contributed by atoms with Gasteiger partial charge in [0.25, 0.3) is 0 Å². The Kier molecular flexibility index (Phi) is 4.77. The summed E-state index contributed by atoms with van der Waals surface area (Å²) in [5.41, 5.74) is 1.43. The van der Waals surface area contributed by atoms with Gasteiger partial charge in [-0.05, 0) is 20.9 Å². The number of likely N-dealkylation sites (N-methyl/N-ethyl adjacent to an activating group) is 1. The number of methoxy groups -OCH3 is 1. The van der Waals surface area contributed by atoms with Crippen molar-refractivity contribution in [2.45, 2.75) is 32.3 Å². The maximum absolute atomic E-state index is 5.99. The lowest BCUT2D eigenvalue weighted by Gasteiger charge is -2.21. The smallest absolute Gasteiger partial charge is 0.245 e. The predicted molar refractivity (Wildman–Crippen MR) is 79.2 cm³/mol.